The summed E-state index contributed by atoms with van der Waals surface area (Å²) in [5, 5.41) is 3.05. The van der Waals surface area contributed by atoms with E-state index in [1.54, 1.807) is 10.6 Å². The number of aryl methyl sites for hydroxylation is 1. The summed E-state index contributed by atoms with van der Waals surface area (Å²) in [5.41, 5.74) is 0.609. The third kappa shape index (κ3) is 2.63. The second-order valence-corrected chi connectivity index (χ2v) is 3.24. The molecular formula is C9H11ClN2O. The normalized spacial score (nSPS) is 9.69. The molecule has 1 amide bonds. The molecule has 1 aromatic heterocycles. The van der Waals surface area contributed by atoms with Gasteiger partial charge in [-0.15, -0.1) is 0 Å². The number of halogens is 1. The molecule has 0 fully saturated rings. The molecule has 0 spiro atoms. The SMILES string of the molecule is C=C(Cl)CNC(=O)c1cccn1C. The fourth-order valence-corrected chi connectivity index (χ4v) is 1.03. The van der Waals surface area contributed by atoms with Crippen LogP contribution in [0.2, 0.25) is 0 Å². The van der Waals surface area contributed by atoms with Crippen LogP contribution in [0, 0.1) is 0 Å². The molecule has 0 unspecified atom stereocenters. The summed E-state index contributed by atoms with van der Waals surface area (Å²) in [4.78, 5) is 11.4. The highest BCUT2D eigenvalue weighted by molar-refractivity contribution is 6.29. The zero-order valence-electron chi connectivity index (χ0n) is 7.38. The van der Waals surface area contributed by atoms with E-state index in [-0.39, 0.29) is 5.91 Å². The average Bonchev–Trinajstić information content (AvgIpc) is 2.47. The van der Waals surface area contributed by atoms with Gasteiger partial charge < -0.3 is 9.88 Å². The third-order valence-electron chi connectivity index (χ3n) is 1.62. The van der Waals surface area contributed by atoms with Crippen molar-refractivity contribution in [1.29, 1.82) is 0 Å². The Hall–Kier alpha value is -1.22. The number of nitrogens with one attached hydrogen (secondary N) is 1. The first kappa shape index (κ1) is 9.86. The lowest BCUT2D eigenvalue weighted by atomic mass is 10.4. The Morgan fingerprint density at radius 1 is 1.77 bits per heavy atom. The molecule has 0 aliphatic heterocycles. The van der Waals surface area contributed by atoms with Gasteiger partial charge in [-0.3, -0.25) is 4.79 Å². The van der Waals surface area contributed by atoms with Crippen LogP contribution in [0.4, 0.5) is 0 Å². The molecule has 0 saturated heterocycles. The van der Waals surface area contributed by atoms with Gasteiger partial charge in [0.25, 0.3) is 5.91 Å². The van der Waals surface area contributed by atoms with Gasteiger partial charge in [-0.1, -0.05) is 18.2 Å². The highest BCUT2D eigenvalue weighted by atomic mass is 35.5. The molecule has 0 saturated carbocycles. The molecule has 13 heavy (non-hydrogen) atoms. The van der Waals surface area contributed by atoms with E-state index in [1.165, 1.54) is 0 Å². The molecule has 1 N–H and O–H groups in total. The van der Waals surface area contributed by atoms with Crippen molar-refractivity contribution in [2.75, 3.05) is 6.54 Å². The number of amides is 1. The van der Waals surface area contributed by atoms with Crippen LogP contribution in [0.1, 0.15) is 10.5 Å². The molecule has 3 nitrogen and oxygen atoms in total. The maximum absolute atomic E-state index is 11.4. The number of carbonyl (C=O) groups excluding carboxylic acids is 1. The number of carbonyl (C=O) groups is 1. The molecule has 0 aromatic carbocycles. The summed E-state index contributed by atoms with van der Waals surface area (Å²) in [6.45, 7) is 3.77. The maximum Gasteiger partial charge on any atom is 0.268 e. The number of hydrogen-bond donors (Lipinski definition) is 1. The zero-order chi connectivity index (χ0) is 9.84. The second kappa shape index (κ2) is 4.14. The van der Waals surface area contributed by atoms with Gasteiger partial charge >= 0.3 is 0 Å². The van der Waals surface area contributed by atoms with Gasteiger partial charge in [0, 0.05) is 18.3 Å². The van der Waals surface area contributed by atoms with Crippen LogP contribution in [-0.2, 0) is 7.05 Å². The van der Waals surface area contributed by atoms with Crippen molar-refractivity contribution in [3.8, 4) is 0 Å². The van der Waals surface area contributed by atoms with Crippen molar-refractivity contribution >= 4 is 17.5 Å². The van der Waals surface area contributed by atoms with Crippen LogP contribution in [0.15, 0.2) is 29.9 Å². The van der Waals surface area contributed by atoms with Gasteiger partial charge in [-0.05, 0) is 12.1 Å². The molecule has 4 heteroatoms. The summed E-state index contributed by atoms with van der Waals surface area (Å²) in [7, 11) is 1.81. The van der Waals surface area contributed by atoms with Crippen molar-refractivity contribution in [2.24, 2.45) is 7.05 Å². The molecule has 1 rings (SSSR count). The maximum atomic E-state index is 11.4. The molecule has 0 radical (unpaired) electrons. The first-order chi connectivity index (χ1) is 6.11. The summed E-state index contributed by atoms with van der Waals surface area (Å²) in [6.07, 6.45) is 1.81. The van der Waals surface area contributed by atoms with Gasteiger partial charge in [0.1, 0.15) is 5.69 Å². The van der Waals surface area contributed by atoms with Crippen LogP contribution >= 0.6 is 11.6 Å². The molecule has 1 heterocycles. The van der Waals surface area contributed by atoms with E-state index >= 15 is 0 Å². The van der Waals surface area contributed by atoms with Gasteiger partial charge in [-0.2, -0.15) is 0 Å². The molecule has 0 atom stereocenters. The van der Waals surface area contributed by atoms with E-state index < -0.39 is 0 Å². The second-order valence-electron chi connectivity index (χ2n) is 2.70. The Bertz CT molecular complexity index is 330. The average molecular weight is 199 g/mol. The lowest BCUT2D eigenvalue weighted by molar-refractivity contribution is 0.0949. The molecule has 0 aliphatic rings. The minimum absolute atomic E-state index is 0.144. The number of aromatic nitrogens is 1. The van der Waals surface area contributed by atoms with Crippen LogP contribution < -0.4 is 5.32 Å². The van der Waals surface area contributed by atoms with Crippen LogP contribution in [0.25, 0.3) is 0 Å². The van der Waals surface area contributed by atoms with Crippen molar-refractivity contribution in [1.82, 2.24) is 9.88 Å². The van der Waals surface area contributed by atoms with Gasteiger partial charge in [0.05, 0.1) is 6.54 Å². The van der Waals surface area contributed by atoms with E-state index in [4.69, 9.17) is 11.6 Å². The number of rotatable bonds is 3. The number of nitrogens with zero attached hydrogens (tertiary/aromatic N) is 1. The quantitative estimate of drug-likeness (QED) is 0.785. The van der Waals surface area contributed by atoms with E-state index in [2.05, 4.69) is 11.9 Å². The minimum atomic E-state index is -0.144. The Morgan fingerprint density at radius 2 is 2.46 bits per heavy atom. The molecule has 70 valence electrons. The van der Waals surface area contributed by atoms with Crippen molar-refractivity contribution in [3.05, 3.63) is 35.6 Å². The fraction of sp³-hybridized carbons (Fsp3) is 0.222. The smallest absolute Gasteiger partial charge is 0.268 e. The highest BCUT2D eigenvalue weighted by Gasteiger charge is 2.07. The summed E-state index contributed by atoms with van der Waals surface area (Å²) < 4.78 is 1.74. The predicted molar refractivity (Wildman–Crippen MR) is 52.7 cm³/mol. The Kier molecular flexibility index (Phi) is 3.14. The molecule has 0 bridgehead atoms. The molecule has 0 aliphatic carbocycles. The van der Waals surface area contributed by atoms with Gasteiger partial charge in [0.15, 0.2) is 0 Å². The first-order valence-corrected chi connectivity index (χ1v) is 4.22. The highest BCUT2D eigenvalue weighted by Crippen LogP contribution is 2.00. The largest absolute Gasteiger partial charge is 0.347 e. The predicted octanol–water partition coefficient (Wildman–Crippen LogP) is 1.51. The standard InChI is InChI=1S/C9H11ClN2O/c1-7(10)6-11-9(13)8-4-3-5-12(8)2/h3-5H,1,6H2,2H3,(H,11,13). The van der Waals surface area contributed by atoms with Crippen molar-refractivity contribution < 1.29 is 4.79 Å². The molecular weight excluding hydrogens is 188 g/mol. The third-order valence-corrected chi connectivity index (χ3v) is 1.75. The monoisotopic (exact) mass is 198 g/mol. The zero-order valence-corrected chi connectivity index (χ0v) is 8.14. The van der Waals surface area contributed by atoms with E-state index in [1.807, 2.05) is 19.3 Å². The lowest BCUT2D eigenvalue weighted by Crippen LogP contribution is -2.26. The molecule has 1 aromatic rings. The number of hydrogen-bond acceptors (Lipinski definition) is 1. The Morgan fingerprint density at radius 3 is 2.92 bits per heavy atom. The van der Waals surface area contributed by atoms with E-state index in [9.17, 15) is 4.79 Å². The van der Waals surface area contributed by atoms with Crippen LogP contribution in [0.3, 0.4) is 0 Å². The van der Waals surface area contributed by atoms with Gasteiger partial charge in [-0.25, -0.2) is 0 Å². The van der Waals surface area contributed by atoms with Crippen molar-refractivity contribution in [2.45, 2.75) is 0 Å². The van der Waals surface area contributed by atoms with Crippen LogP contribution in [0.5, 0.6) is 0 Å². The van der Waals surface area contributed by atoms with E-state index in [0.717, 1.165) is 0 Å². The topological polar surface area (TPSA) is 34.0 Å². The Labute approximate surface area is 82.0 Å². The summed E-state index contributed by atoms with van der Waals surface area (Å²) in [5.74, 6) is -0.144. The van der Waals surface area contributed by atoms with Crippen molar-refractivity contribution in [3.63, 3.8) is 0 Å². The van der Waals surface area contributed by atoms with Gasteiger partial charge in [0.2, 0.25) is 0 Å². The first-order valence-electron chi connectivity index (χ1n) is 3.84. The Balaban J connectivity index is 2.59. The summed E-state index contributed by atoms with van der Waals surface area (Å²) in [6, 6.07) is 3.55. The van der Waals surface area contributed by atoms with E-state index in [0.29, 0.717) is 17.3 Å². The minimum Gasteiger partial charge on any atom is -0.347 e. The summed E-state index contributed by atoms with van der Waals surface area (Å²) >= 11 is 5.51. The fourth-order valence-electron chi connectivity index (χ4n) is 0.964. The van der Waals surface area contributed by atoms with Crippen LogP contribution in [-0.4, -0.2) is 17.0 Å². The lowest BCUT2D eigenvalue weighted by Gasteiger charge is -2.04.